The Balaban J connectivity index is 2.22. The lowest BCUT2D eigenvalue weighted by molar-refractivity contribution is -0.138. The molecule has 1 aliphatic rings. The molecule has 0 aromatic heterocycles. The van der Waals surface area contributed by atoms with Gasteiger partial charge in [0.15, 0.2) is 6.04 Å². The van der Waals surface area contributed by atoms with Crippen LogP contribution in [-0.4, -0.2) is 29.6 Å². The molecule has 1 aromatic carbocycles. The Kier molecular flexibility index (Phi) is 2.60. The first kappa shape index (κ1) is 9.98. The monoisotopic (exact) mass is 225 g/mol. The number of carboxylic acid groups (broad SMARTS) is 1. The van der Waals surface area contributed by atoms with Gasteiger partial charge in [-0.3, -0.25) is 0 Å². The van der Waals surface area contributed by atoms with Crippen molar-refractivity contribution in [2.24, 2.45) is 4.99 Å². The van der Waals surface area contributed by atoms with Crippen LogP contribution >= 0.6 is 11.6 Å². The van der Waals surface area contributed by atoms with E-state index in [0.717, 1.165) is 5.56 Å². The van der Waals surface area contributed by atoms with E-state index in [1.807, 2.05) is 0 Å². The van der Waals surface area contributed by atoms with Crippen molar-refractivity contribution in [2.45, 2.75) is 6.04 Å². The second-order valence-electron chi connectivity index (χ2n) is 3.11. The summed E-state index contributed by atoms with van der Waals surface area (Å²) in [5.41, 5.74) is 0.739. The summed E-state index contributed by atoms with van der Waals surface area (Å²) in [5, 5.41) is 9.33. The number of rotatable bonds is 2. The van der Waals surface area contributed by atoms with Crippen molar-refractivity contribution in [2.75, 3.05) is 6.61 Å². The second-order valence-corrected chi connectivity index (χ2v) is 3.54. The number of carboxylic acids is 1. The second kappa shape index (κ2) is 3.90. The minimum absolute atomic E-state index is 0.0906. The maximum Gasteiger partial charge on any atom is 0.332 e. The van der Waals surface area contributed by atoms with Crippen LogP contribution in [0.1, 0.15) is 5.56 Å². The van der Waals surface area contributed by atoms with Crippen LogP contribution in [0.2, 0.25) is 5.02 Å². The molecule has 0 fully saturated rings. The summed E-state index contributed by atoms with van der Waals surface area (Å²) in [4.78, 5) is 14.6. The molecule has 2 rings (SSSR count). The number of aliphatic carboxylic acids is 1. The van der Waals surface area contributed by atoms with E-state index in [1.54, 1.807) is 24.3 Å². The predicted molar refractivity (Wildman–Crippen MR) is 55.4 cm³/mol. The molecule has 4 nitrogen and oxygen atoms in total. The third kappa shape index (κ3) is 2.10. The quantitative estimate of drug-likeness (QED) is 0.831. The highest BCUT2D eigenvalue weighted by molar-refractivity contribution is 6.30. The lowest BCUT2D eigenvalue weighted by Crippen LogP contribution is -2.18. The number of aliphatic imine (C=N–C) groups is 1. The summed E-state index contributed by atoms with van der Waals surface area (Å²) in [6, 6.07) is 6.10. The molecule has 1 heterocycles. The van der Waals surface area contributed by atoms with Crippen LogP contribution < -0.4 is 0 Å². The van der Waals surface area contributed by atoms with Gasteiger partial charge in [0.1, 0.15) is 6.61 Å². The van der Waals surface area contributed by atoms with Gasteiger partial charge in [-0.2, -0.15) is 0 Å². The van der Waals surface area contributed by atoms with Crippen molar-refractivity contribution < 1.29 is 14.6 Å². The highest BCUT2D eigenvalue weighted by Gasteiger charge is 2.25. The van der Waals surface area contributed by atoms with Crippen molar-refractivity contribution >= 4 is 23.5 Å². The van der Waals surface area contributed by atoms with Gasteiger partial charge in [0.2, 0.25) is 5.90 Å². The van der Waals surface area contributed by atoms with Crippen molar-refractivity contribution in [1.82, 2.24) is 0 Å². The Hall–Kier alpha value is -1.55. The summed E-state index contributed by atoms with van der Waals surface area (Å²) >= 11 is 5.72. The Bertz CT molecular complexity index is 413. The van der Waals surface area contributed by atoms with Crippen LogP contribution in [0.3, 0.4) is 0 Å². The molecule has 0 radical (unpaired) electrons. The average Bonchev–Trinajstić information content (AvgIpc) is 2.68. The van der Waals surface area contributed by atoms with E-state index in [2.05, 4.69) is 4.99 Å². The molecule has 1 unspecified atom stereocenters. The van der Waals surface area contributed by atoms with Crippen LogP contribution in [0.5, 0.6) is 0 Å². The van der Waals surface area contributed by atoms with Crippen molar-refractivity contribution in [3.8, 4) is 0 Å². The standard InChI is InChI=1S/C10H8ClNO3/c11-7-3-1-6(2-4-7)9-12-8(5-15-9)10(13)14/h1-4,8H,5H2,(H,13,14). The summed E-state index contributed by atoms with van der Waals surface area (Å²) < 4.78 is 5.18. The Labute approximate surface area is 91.2 Å². The molecule has 0 saturated carbocycles. The number of hydrogen-bond acceptors (Lipinski definition) is 3. The van der Waals surface area contributed by atoms with E-state index in [-0.39, 0.29) is 6.61 Å². The highest BCUT2D eigenvalue weighted by atomic mass is 35.5. The fourth-order valence-electron chi connectivity index (χ4n) is 1.25. The first-order valence-corrected chi connectivity index (χ1v) is 4.74. The number of carbonyl (C=O) groups is 1. The van der Waals surface area contributed by atoms with Crippen LogP contribution in [0.4, 0.5) is 0 Å². The molecule has 1 N–H and O–H groups in total. The zero-order chi connectivity index (χ0) is 10.8. The maximum atomic E-state index is 10.6. The van der Waals surface area contributed by atoms with Crippen molar-refractivity contribution in [3.05, 3.63) is 34.9 Å². The molecular formula is C10H8ClNO3. The Morgan fingerprint density at radius 3 is 2.67 bits per heavy atom. The van der Waals surface area contributed by atoms with Gasteiger partial charge in [-0.05, 0) is 24.3 Å². The molecule has 1 aromatic rings. The molecule has 78 valence electrons. The van der Waals surface area contributed by atoms with E-state index in [4.69, 9.17) is 21.4 Å². The normalized spacial score (nSPS) is 19.5. The Morgan fingerprint density at radius 2 is 2.13 bits per heavy atom. The van der Waals surface area contributed by atoms with Gasteiger partial charge in [0.25, 0.3) is 0 Å². The minimum atomic E-state index is -0.973. The molecule has 1 atom stereocenters. The molecule has 0 aliphatic carbocycles. The Morgan fingerprint density at radius 1 is 1.47 bits per heavy atom. The largest absolute Gasteiger partial charge is 0.480 e. The minimum Gasteiger partial charge on any atom is -0.480 e. The summed E-state index contributed by atoms with van der Waals surface area (Å²) in [6.07, 6.45) is 0. The van der Waals surface area contributed by atoms with Crippen LogP contribution in [0, 0.1) is 0 Å². The molecule has 0 saturated heterocycles. The van der Waals surface area contributed by atoms with E-state index >= 15 is 0 Å². The van der Waals surface area contributed by atoms with Gasteiger partial charge in [0.05, 0.1) is 0 Å². The van der Waals surface area contributed by atoms with E-state index < -0.39 is 12.0 Å². The average molecular weight is 226 g/mol. The number of benzene rings is 1. The van der Waals surface area contributed by atoms with Crippen LogP contribution in [0.25, 0.3) is 0 Å². The first-order valence-electron chi connectivity index (χ1n) is 4.36. The van der Waals surface area contributed by atoms with E-state index in [0.29, 0.717) is 10.9 Å². The van der Waals surface area contributed by atoms with Gasteiger partial charge in [0, 0.05) is 10.6 Å². The zero-order valence-corrected chi connectivity index (χ0v) is 8.44. The molecule has 0 spiro atoms. The third-order valence-corrected chi connectivity index (χ3v) is 2.28. The lowest BCUT2D eigenvalue weighted by Gasteiger charge is -2.00. The van der Waals surface area contributed by atoms with Crippen LogP contribution in [-0.2, 0) is 9.53 Å². The van der Waals surface area contributed by atoms with E-state index in [1.165, 1.54) is 0 Å². The fourth-order valence-corrected chi connectivity index (χ4v) is 1.38. The molecule has 15 heavy (non-hydrogen) atoms. The van der Waals surface area contributed by atoms with Gasteiger partial charge in [-0.15, -0.1) is 0 Å². The smallest absolute Gasteiger partial charge is 0.332 e. The number of halogens is 1. The highest BCUT2D eigenvalue weighted by Crippen LogP contribution is 2.15. The van der Waals surface area contributed by atoms with Gasteiger partial charge >= 0.3 is 5.97 Å². The van der Waals surface area contributed by atoms with Crippen LogP contribution in [0.15, 0.2) is 29.3 Å². The lowest BCUT2D eigenvalue weighted by atomic mass is 10.2. The first-order chi connectivity index (χ1) is 7.16. The third-order valence-electron chi connectivity index (χ3n) is 2.03. The summed E-state index contributed by atoms with van der Waals surface area (Å²) in [6.45, 7) is 0.0906. The van der Waals surface area contributed by atoms with Gasteiger partial charge in [-0.1, -0.05) is 11.6 Å². The summed E-state index contributed by atoms with van der Waals surface area (Å²) in [5.74, 6) is -0.613. The fraction of sp³-hybridized carbons (Fsp3) is 0.200. The number of ether oxygens (including phenoxy) is 1. The summed E-state index contributed by atoms with van der Waals surface area (Å²) in [7, 11) is 0. The molecule has 1 aliphatic heterocycles. The zero-order valence-electron chi connectivity index (χ0n) is 7.68. The van der Waals surface area contributed by atoms with Gasteiger partial charge in [-0.25, -0.2) is 9.79 Å². The number of hydrogen-bond donors (Lipinski definition) is 1. The predicted octanol–water partition coefficient (Wildman–Crippen LogP) is 1.57. The topological polar surface area (TPSA) is 58.9 Å². The molecule has 0 bridgehead atoms. The van der Waals surface area contributed by atoms with Crippen molar-refractivity contribution in [3.63, 3.8) is 0 Å². The van der Waals surface area contributed by atoms with Crippen molar-refractivity contribution in [1.29, 1.82) is 0 Å². The molecule has 5 heteroatoms. The number of nitrogens with zero attached hydrogens (tertiary/aromatic N) is 1. The van der Waals surface area contributed by atoms with Gasteiger partial charge < -0.3 is 9.84 Å². The van der Waals surface area contributed by atoms with E-state index in [9.17, 15) is 4.79 Å². The maximum absolute atomic E-state index is 10.6. The molecule has 0 amide bonds. The molecular weight excluding hydrogens is 218 g/mol. The SMILES string of the molecule is O=C(O)C1COC(c2ccc(Cl)cc2)=N1.